The molecule has 104 valence electrons. The van der Waals surface area contributed by atoms with Gasteiger partial charge in [0.05, 0.1) is 6.07 Å². The fraction of sp³-hybridized carbons (Fsp3) is 0.938. The fourth-order valence-corrected chi connectivity index (χ4v) is 5.80. The van der Waals surface area contributed by atoms with E-state index in [-0.39, 0.29) is 0 Å². The number of hydrogen-bond donors (Lipinski definition) is 1. The highest BCUT2D eigenvalue weighted by molar-refractivity contribution is 5.11. The van der Waals surface area contributed by atoms with E-state index >= 15 is 0 Å². The third-order valence-corrected chi connectivity index (χ3v) is 6.49. The van der Waals surface area contributed by atoms with Crippen molar-refractivity contribution >= 4 is 0 Å². The summed E-state index contributed by atoms with van der Waals surface area (Å²) in [6.07, 6.45) is 8.38. The average Bonchev–Trinajstić information content (AvgIpc) is 2.76. The molecule has 3 nitrogen and oxygen atoms in total. The first-order valence-corrected chi connectivity index (χ1v) is 8.08. The van der Waals surface area contributed by atoms with Crippen LogP contribution in [0, 0.1) is 40.9 Å². The van der Waals surface area contributed by atoms with Gasteiger partial charge in [-0.05, 0) is 68.1 Å². The minimum atomic E-state index is -0.564. The Bertz CT molecular complexity index is 385. The van der Waals surface area contributed by atoms with Gasteiger partial charge in [0.2, 0.25) is 0 Å². The van der Waals surface area contributed by atoms with Crippen LogP contribution in [-0.4, -0.2) is 30.1 Å². The molecule has 1 atom stereocenters. The molecule has 19 heavy (non-hydrogen) atoms. The van der Waals surface area contributed by atoms with Crippen LogP contribution in [0.2, 0.25) is 0 Å². The molecule has 4 aliphatic carbocycles. The zero-order valence-corrected chi connectivity index (χ0v) is 11.7. The van der Waals surface area contributed by atoms with Gasteiger partial charge in [0.1, 0.15) is 5.54 Å². The van der Waals surface area contributed by atoms with Gasteiger partial charge in [-0.2, -0.15) is 5.26 Å². The Morgan fingerprint density at radius 1 is 1.11 bits per heavy atom. The lowest BCUT2D eigenvalue weighted by Crippen LogP contribution is -2.49. The van der Waals surface area contributed by atoms with E-state index in [1.54, 1.807) is 0 Å². The summed E-state index contributed by atoms with van der Waals surface area (Å²) >= 11 is 0. The van der Waals surface area contributed by atoms with Crippen molar-refractivity contribution in [3.63, 3.8) is 0 Å². The lowest BCUT2D eigenvalue weighted by atomic mass is 9.52. The van der Waals surface area contributed by atoms with Crippen LogP contribution in [0.5, 0.6) is 0 Å². The van der Waals surface area contributed by atoms with Crippen LogP contribution in [0.3, 0.4) is 0 Å². The van der Waals surface area contributed by atoms with E-state index in [0.717, 1.165) is 49.1 Å². The Hall–Kier alpha value is -0.590. The average molecular weight is 259 g/mol. The molecule has 2 N–H and O–H groups in total. The summed E-state index contributed by atoms with van der Waals surface area (Å²) in [5.41, 5.74) is 5.53. The van der Waals surface area contributed by atoms with Crippen LogP contribution in [0.15, 0.2) is 0 Å². The lowest BCUT2D eigenvalue weighted by Gasteiger charge is -2.55. The van der Waals surface area contributed by atoms with Crippen molar-refractivity contribution in [2.45, 2.75) is 44.1 Å². The Morgan fingerprint density at radius 2 is 1.74 bits per heavy atom. The van der Waals surface area contributed by atoms with E-state index in [1.807, 2.05) is 0 Å². The zero-order valence-electron chi connectivity index (χ0n) is 11.7. The van der Waals surface area contributed by atoms with E-state index < -0.39 is 5.54 Å². The highest BCUT2D eigenvalue weighted by Crippen LogP contribution is 2.56. The number of nitrogens with zero attached hydrogens (tertiary/aromatic N) is 2. The van der Waals surface area contributed by atoms with Gasteiger partial charge in [-0.25, -0.2) is 0 Å². The molecule has 0 amide bonds. The van der Waals surface area contributed by atoms with Gasteiger partial charge < -0.3 is 10.6 Å². The monoisotopic (exact) mass is 259 g/mol. The number of likely N-dealkylation sites (tertiary alicyclic amines) is 1. The maximum atomic E-state index is 9.15. The summed E-state index contributed by atoms with van der Waals surface area (Å²) in [6, 6.07) is 2.31. The van der Waals surface area contributed by atoms with Crippen molar-refractivity contribution in [3.8, 4) is 6.07 Å². The summed E-state index contributed by atoms with van der Waals surface area (Å²) in [4.78, 5) is 2.48. The van der Waals surface area contributed by atoms with Gasteiger partial charge in [0, 0.05) is 19.6 Å². The van der Waals surface area contributed by atoms with Gasteiger partial charge in [-0.3, -0.25) is 0 Å². The Kier molecular flexibility index (Phi) is 2.69. The molecule has 1 unspecified atom stereocenters. The van der Waals surface area contributed by atoms with E-state index in [1.165, 1.54) is 38.6 Å². The number of nitriles is 1. The quantitative estimate of drug-likeness (QED) is 0.825. The standard InChI is InChI=1S/C16H25N3/c17-9-16(18)1-2-19(10-16)8-15-13-4-11-3-12(6-13)7-14(15)5-11/h11-15H,1-8,10,18H2. The number of hydrogen-bond acceptors (Lipinski definition) is 3. The molecule has 5 fully saturated rings. The van der Waals surface area contributed by atoms with Crippen molar-refractivity contribution in [2.24, 2.45) is 35.3 Å². The van der Waals surface area contributed by atoms with Gasteiger partial charge in [-0.15, -0.1) is 0 Å². The predicted molar refractivity (Wildman–Crippen MR) is 74.1 cm³/mol. The Morgan fingerprint density at radius 3 is 2.26 bits per heavy atom. The molecule has 5 rings (SSSR count). The van der Waals surface area contributed by atoms with Crippen molar-refractivity contribution in [2.75, 3.05) is 19.6 Å². The molecule has 0 spiro atoms. The summed E-state index contributed by atoms with van der Waals surface area (Å²) in [5.74, 6) is 5.01. The zero-order chi connectivity index (χ0) is 13.0. The summed E-state index contributed by atoms with van der Waals surface area (Å²) < 4.78 is 0. The molecular weight excluding hydrogens is 234 g/mol. The normalized spacial score (nSPS) is 52.5. The van der Waals surface area contributed by atoms with Crippen LogP contribution in [0.1, 0.15) is 38.5 Å². The van der Waals surface area contributed by atoms with Gasteiger partial charge in [-0.1, -0.05) is 0 Å². The van der Waals surface area contributed by atoms with E-state index in [2.05, 4.69) is 11.0 Å². The van der Waals surface area contributed by atoms with E-state index in [4.69, 9.17) is 11.0 Å². The smallest absolute Gasteiger partial charge is 0.118 e. The number of rotatable bonds is 2. The molecule has 0 radical (unpaired) electrons. The number of nitrogens with two attached hydrogens (primary N) is 1. The predicted octanol–water partition coefficient (Wildman–Crippen LogP) is 1.99. The van der Waals surface area contributed by atoms with Crippen LogP contribution < -0.4 is 5.73 Å². The molecule has 4 saturated carbocycles. The Balaban J connectivity index is 1.43. The van der Waals surface area contributed by atoms with Gasteiger partial charge in [0.25, 0.3) is 0 Å². The van der Waals surface area contributed by atoms with Crippen LogP contribution in [0.4, 0.5) is 0 Å². The highest BCUT2D eigenvalue weighted by Gasteiger charge is 2.49. The fourth-order valence-electron chi connectivity index (χ4n) is 5.80. The molecule has 0 aromatic rings. The second-order valence-corrected chi connectivity index (χ2v) is 7.85. The molecule has 5 aliphatic rings. The molecule has 3 heteroatoms. The largest absolute Gasteiger partial charge is 0.312 e. The minimum absolute atomic E-state index is 0.564. The highest BCUT2D eigenvalue weighted by atomic mass is 15.2. The molecule has 1 heterocycles. The van der Waals surface area contributed by atoms with Crippen molar-refractivity contribution < 1.29 is 0 Å². The van der Waals surface area contributed by atoms with Crippen molar-refractivity contribution in [3.05, 3.63) is 0 Å². The van der Waals surface area contributed by atoms with Crippen molar-refractivity contribution in [1.29, 1.82) is 5.26 Å². The van der Waals surface area contributed by atoms with Gasteiger partial charge >= 0.3 is 0 Å². The SMILES string of the molecule is N#CC1(N)CCN(CC2C3CC4CC(C3)CC2C4)C1. The first kappa shape index (κ1) is 12.2. The maximum absolute atomic E-state index is 9.15. The van der Waals surface area contributed by atoms with Crippen LogP contribution >= 0.6 is 0 Å². The third-order valence-electron chi connectivity index (χ3n) is 6.49. The summed E-state index contributed by atoms with van der Waals surface area (Å²) in [6.45, 7) is 3.05. The first-order valence-electron chi connectivity index (χ1n) is 8.08. The van der Waals surface area contributed by atoms with Crippen molar-refractivity contribution in [1.82, 2.24) is 4.90 Å². The lowest BCUT2D eigenvalue weighted by molar-refractivity contribution is -0.0471. The molecule has 0 aromatic heterocycles. The van der Waals surface area contributed by atoms with E-state index in [0.29, 0.717) is 0 Å². The molecule has 4 bridgehead atoms. The maximum Gasteiger partial charge on any atom is 0.118 e. The molecular formula is C16H25N3. The summed E-state index contributed by atoms with van der Waals surface area (Å²) in [7, 11) is 0. The molecule has 1 saturated heterocycles. The minimum Gasteiger partial charge on any atom is -0.312 e. The second kappa shape index (κ2) is 4.20. The van der Waals surface area contributed by atoms with E-state index in [9.17, 15) is 0 Å². The first-order chi connectivity index (χ1) is 9.15. The molecule has 0 aromatic carbocycles. The topological polar surface area (TPSA) is 53.1 Å². The van der Waals surface area contributed by atoms with Gasteiger partial charge in [0.15, 0.2) is 0 Å². The van der Waals surface area contributed by atoms with Crippen LogP contribution in [-0.2, 0) is 0 Å². The van der Waals surface area contributed by atoms with Crippen LogP contribution in [0.25, 0.3) is 0 Å². The summed E-state index contributed by atoms with van der Waals surface area (Å²) in [5, 5.41) is 9.15. The third kappa shape index (κ3) is 2.00. The molecule has 1 aliphatic heterocycles. The Labute approximate surface area is 116 Å². The second-order valence-electron chi connectivity index (χ2n) is 7.85.